The van der Waals surface area contributed by atoms with Gasteiger partial charge in [-0.25, -0.2) is 0 Å². The predicted molar refractivity (Wildman–Crippen MR) is 112 cm³/mol. The molecule has 0 saturated heterocycles. The van der Waals surface area contributed by atoms with Gasteiger partial charge in [0.2, 0.25) is 0 Å². The third kappa shape index (κ3) is 8.52. The van der Waals surface area contributed by atoms with Crippen LogP contribution in [0.1, 0.15) is 49.5 Å². The van der Waals surface area contributed by atoms with E-state index in [9.17, 15) is 4.79 Å². The van der Waals surface area contributed by atoms with E-state index in [-0.39, 0.29) is 29.9 Å². The fraction of sp³-hybridized carbons (Fsp3) is 0.556. The minimum Gasteiger partial charge on any atom is -0.355 e. The number of nitrogens with zero attached hydrogens (tertiary/aromatic N) is 1. The second-order valence-electron chi connectivity index (χ2n) is 6.22. The van der Waals surface area contributed by atoms with Gasteiger partial charge in [-0.3, -0.25) is 9.79 Å². The Balaban J connectivity index is 0.00000529. The molecule has 0 fully saturated rings. The Hall–Kier alpha value is -1.31. The fourth-order valence-electron chi connectivity index (χ4n) is 2.24. The van der Waals surface area contributed by atoms with Crippen molar-refractivity contribution in [1.82, 2.24) is 16.0 Å². The molecule has 24 heavy (non-hydrogen) atoms. The number of hydrogen-bond acceptors (Lipinski definition) is 2. The van der Waals surface area contributed by atoms with Crippen LogP contribution < -0.4 is 16.0 Å². The Bertz CT molecular complexity index is 532. The minimum absolute atomic E-state index is 0. The Labute approximate surface area is 163 Å². The summed E-state index contributed by atoms with van der Waals surface area (Å²) in [5.74, 6) is 1.42. The Kier molecular flexibility index (Phi) is 11.4. The largest absolute Gasteiger partial charge is 0.355 e. The van der Waals surface area contributed by atoms with Crippen LogP contribution in [0.4, 0.5) is 0 Å². The van der Waals surface area contributed by atoms with Gasteiger partial charge in [0, 0.05) is 32.2 Å². The highest BCUT2D eigenvalue weighted by molar-refractivity contribution is 14.0. The van der Waals surface area contributed by atoms with Crippen molar-refractivity contribution in [3.63, 3.8) is 0 Å². The molecule has 1 amide bonds. The highest BCUT2D eigenvalue weighted by atomic mass is 127. The van der Waals surface area contributed by atoms with Crippen LogP contribution in [0, 0.1) is 5.92 Å². The Morgan fingerprint density at radius 3 is 2.50 bits per heavy atom. The predicted octanol–water partition coefficient (Wildman–Crippen LogP) is 3.15. The number of carbonyl (C=O) groups is 1. The molecule has 1 unspecified atom stereocenters. The van der Waals surface area contributed by atoms with Crippen molar-refractivity contribution in [2.75, 3.05) is 14.1 Å². The van der Waals surface area contributed by atoms with Crippen molar-refractivity contribution < 1.29 is 4.79 Å². The number of rotatable bonds is 7. The zero-order valence-corrected chi connectivity index (χ0v) is 17.7. The fourth-order valence-corrected chi connectivity index (χ4v) is 2.24. The number of benzene rings is 1. The van der Waals surface area contributed by atoms with Crippen molar-refractivity contribution in [3.8, 4) is 0 Å². The Morgan fingerprint density at radius 1 is 1.21 bits per heavy atom. The van der Waals surface area contributed by atoms with Crippen LogP contribution in [-0.2, 0) is 6.54 Å². The summed E-state index contributed by atoms with van der Waals surface area (Å²) in [6.07, 6.45) is 2.31. The van der Waals surface area contributed by atoms with E-state index in [2.05, 4.69) is 41.7 Å². The summed E-state index contributed by atoms with van der Waals surface area (Å²) in [6.45, 7) is 7.27. The van der Waals surface area contributed by atoms with Crippen LogP contribution in [0.2, 0.25) is 0 Å². The van der Waals surface area contributed by atoms with Crippen LogP contribution in [-0.4, -0.2) is 32.0 Å². The van der Waals surface area contributed by atoms with Crippen LogP contribution in [0.25, 0.3) is 0 Å². The van der Waals surface area contributed by atoms with Gasteiger partial charge < -0.3 is 16.0 Å². The molecule has 0 radical (unpaired) electrons. The molecule has 5 nitrogen and oxygen atoms in total. The number of carbonyl (C=O) groups excluding carboxylic acids is 1. The summed E-state index contributed by atoms with van der Waals surface area (Å²) < 4.78 is 0. The molecule has 0 bridgehead atoms. The summed E-state index contributed by atoms with van der Waals surface area (Å²) in [5.41, 5.74) is 1.71. The van der Waals surface area contributed by atoms with E-state index in [1.165, 1.54) is 6.42 Å². The van der Waals surface area contributed by atoms with Gasteiger partial charge in [0.05, 0.1) is 0 Å². The first-order valence-corrected chi connectivity index (χ1v) is 8.24. The second kappa shape index (κ2) is 12.1. The van der Waals surface area contributed by atoms with Gasteiger partial charge in [-0.15, -0.1) is 24.0 Å². The number of hydrogen-bond donors (Lipinski definition) is 3. The van der Waals surface area contributed by atoms with E-state index in [1.807, 2.05) is 24.3 Å². The first-order chi connectivity index (χ1) is 11.0. The molecule has 0 spiro atoms. The van der Waals surface area contributed by atoms with Crippen molar-refractivity contribution in [1.29, 1.82) is 0 Å². The third-order valence-corrected chi connectivity index (χ3v) is 3.66. The smallest absolute Gasteiger partial charge is 0.251 e. The number of guanidine groups is 1. The molecular weight excluding hydrogens is 415 g/mol. The molecule has 0 aliphatic rings. The highest BCUT2D eigenvalue weighted by Gasteiger charge is 2.07. The monoisotopic (exact) mass is 446 g/mol. The first-order valence-electron chi connectivity index (χ1n) is 8.24. The number of halogens is 1. The lowest BCUT2D eigenvalue weighted by Gasteiger charge is -2.19. The maximum atomic E-state index is 11.7. The van der Waals surface area contributed by atoms with E-state index in [4.69, 9.17) is 0 Å². The maximum absolute atomic E-state index is 11.7. The van der Waals surface area contributed by atoms with Crippen molar-refractivity contribution in [3.05, 3.63) is 35.4 Å². The van der Waals surface area contributed by atoms with Crippen molar-refractivity contribution in [2.24, 2.45) is 10.9 Å². The number of nitrogens with one attached hydrogen (secondary N) is 3. The number of aliphatic imine (C=N–C) groups is 1. The average Bonchev–Trinajstić information content (AvgIpc) is 2.56. The van der Waals surface area contributed by atoms with Crippen LogP contribution in [0.3, 0.4) is 0 Å². The maximum Gasteiger partial charge on any atom is 0.251 e. The third-order valence-electron chi connectivity index (χ3n) is 3.66. The molecule has 0 aromatic heterocycles. The second-order valence-corrected chi connectivity index (χ2v) is 6.22. The lowest BCUT2D eigenvalue weighted by Crippen LogP contribution is -2.41. The van der Waals surface area contributed by atoms with Crippen LogP contribution in [0.15, 0.2) is 29.3 Å². The molecule has 6 heteroatoms. The minimum atomic E-state index is -0.0725. The summed E-state index contributed by atoms with van der Waals surface area (Å²) in [7, 11) is 3.41. The zero-order valence-electron chi connectivity index (χ0n) is 15.3. The lowest BCUT2D eigenvalue weighted by molar-refractivity contribution is 0.0963. The highest BCUT2D eigenvalue weighted by Crippen LogP contribution is 2.07. The SMILES string of the molecule is CN=C(NCc1cccc(C(=O)NC)c1)NC(C)CCC(C)C.I. The van der Waals surface area contributed by atoms with Crippen molar-refractivity contribution in [2.45, 2.75) is 46.2 Å². The van der Waals surface area contributed by atoms with Crippen LogP contribution >= 0.6 is 24.0 Å². The molecule has 1 aromatic rings. The molecule has 0 saturated carbocycles. The van der Waals surface area contributed by atoms with Gasteiger partial charge in [0.15, 0.2) is 5.96 Å². The molecule has 1 atom stereocenters. The normalized spacial score (nSPS) is 12.3. The van der Waals surface area contributed by atoms with E-state index >= 15 is 0 Å². The van der Waals surface area contributed by atoms with Crippen molar-refractivity contribution >= 4 is 35.8 Å². The molecular formula is C18H31IN4O. The summed E-state index contributed by atoms with van der Waals surface area (Å²) in [4.78, 5) is 15.9. The molecule has 1 rings (SSSR count). The number of amides is 1. The quantitative estimate of drug-likeness (QED) is 0.343. The van der Waals surface area contributed by atoms with Gasteiger partial charge >= 0.3 is 0 Å². The van der Waals surface area contributed by atoms with E-state index in [0.717, 1.165) is 17.9 Å². The Morgan fingerprint density at radius 2 is 1.92 bits per heavy atom. The molecule has 0 aliphatic carbocycles. The van der Waals surface area contributed by atoms with E-state index in [0.29, 0.717) is 24.1 Å². The van der Waals surface area contributed by atoms with E-state index in [1.54, 1.807) is 14.1 Å². The summed E-state index contributed by atoms with van der Waals surface area (Å²) in [6, 6.07) is 7.96. The van der Waals surface area contributed by atoms with Crippen LogP contribution in [0.5, 0.6) is 0 Å². The van der Waals surface area contributed by atoms with Gasteiger partial charge in [-0.2, -0.15) is 0 Å². The van der Waals surface area contributed by atoms with Gasteiger partial charge in [0.25, 0.3) is 5.91 Å². The van der Waals surface area contributed by atoms with Gasteiger partial charge in [-0.1, -0.05) is 26.0 Å². The molecule has 136 valence electrons. The first kappa shape index (κ1) is 22.7. The molecule has 0 heterocycles. The van der Waals surface area contributed by atoms with Gasteiger partial charge in [-0.05, 0) is 43.4 Å². The standard InChI is InChI=1S/C18H30N4O.HI/c1-13(2)9-10-14(3)22-18(20-5)21-12-15-7-6-8-16(11-15)17(23)19-4;/h6-8,11,13-14H,9-10,12H2,1-5H3,(H,19,23)(H2,20,21,22);1H. The lowest BCUT2D eigenvalue weighted by atomic mass is 10.0. The summed E-state index contributed by atoms with van der Waals surface area (Å²) >= 11 is 0. The topological polar surface area (TPSA) is 65.5 Å². The molecule has 0 aliphatic heterocycles. The summed E-state index contributed by atoms with van der Waals surface area (Å²) in [5, 5.41) is 9.33. The average molecular weight is 446 g/mol. The molecule has 1 aromatic carbocycles. The van der Waals surface area contributed by atoms with E-state index < -0.39 is 0 Å². The molecule has 3 N–H and O–H groups in total. The van der Waals surface area contributed by atoms with Gasteiger partial charge in [0.1, 0.15) is 0 Å². The zero-order chi connectivity index (χ0) is 17.2.